The van der Waals surface area contributed by atoms with Crippen molar-refractivity contribution in [2.45, 2.75) is 39.2 Å². The standard InChI is InChI=1S/C17H22N2O2/c1-3-5-10-21-13-11-18-17(19-12-13)15-9-7-6-8-14(15)16(20)4-2/h6-9,11-12,16,20H,3-5,10H2,1-2H3. The van der Waals surface area contributed by atoms with Crippen molar-refractivity contribution in [1.29, 1.82) is 0 Å². The van der Waals surface area contributed by atoms with Gasteiger partial charge in [-0.1, -0.05) is 44.5 Å². The van der Waals surface area contributed by atoms with Crippen molar-refractivity contribution in [1.82, 2.24) is 9.97 Å². The highest BCUT2D eigenvalue weighted by molar-refractivity contribution is 5.60. The summed E-state index contributed by atoms with van der Waals surface area (Å²) in [4.78, 5) is 8.72. The first kappa shape index (κ1) is 15.4. The first-order chi connectivity index (χ1) is 10.3. The van der Waals surface area contributed by atoms with Crippen LogP contribution in [0.15, 0.2) is 36.7 Å². The zero-order valence-corrected chi connectivity index (χ0v) is 12.6. The molecule has 1 aromatic heterocycles. The Hall–Kier alpha value is -1.94. The number of hydrogen-bond donors (Lipinski definition) is 1. The van der Waals surface area contributed by atoms with E-state index in [1.165, 1.54) is 0 Å². The summed E-state index contributed by atoms with van der Waals surface area (Å²) in [5.41, 5.74) is 1.73. The molecule has 0 saturated carbocycles. The van der Waals surface area contributed by atoms with Crippen LogP contribution in [-0.2, 0) is 0 Å². The van der Waals surface area contributed by atoms with Gasteiger partial charge in [0.05, 0.1) is 25.1 Å². The molecule has 0 spiro atoms. The van der Waals surface area contributed by atoms with Crippen molar-refractivity contribution in [3.8, 4) is 17.1 Å². The fourth-order valence-electron chi connectivity index (χ4n) is 2.08. The van der Waals surface area contributed by atoms with Crippen molar-refractivity contribution < 1.29 is 9.84 Å². The van der Waals surface area contributed by atoms with E-state index in [-0.39, 0.29) is 0 Å². The largest absolute Gasteiger partial charge is 0.490 e. The lowest BCUT2D eigenvalue weighted by Crippen LogP contribution is -2.01. The number of aromatic nitrogens is 2. The smallest absolute Gasteiger partial charge is 0.159 e. The lowest BCUT2D eigenvalue weighted by Gasteiger charge is -2.13. The molecular formula is C17H22N2O2. The summed E-state index contributed by atoms with van der Waals surface area (Å²) in [6.45, 7) is 4.76. The Morgan fingerprint density at radius 1 is 1.14 bits per heavy atom. The number of benzene rings is 1. The van der Waals surface area contributed by atoms with E-state index < -0.39 is 6.10 Å². The lowest BCUT2D eigenvalue weighted by molar-refractivity contribution is 0.174. The number of aliphatic hydroxyl groups excluding tert-OH is 1. The van der Waals surface area contributed by atoms with Crippen LogP contribution in [0.1, 0.15) is 44.8 Å². The Kier molecular flexibility index (Phi) is 5.69. The van der Waals surface area contributed by atoms with E-state index in [0.717, 1.165) is 24.0 Å². The number of rotatable bonds is 7. The van der Waals surface area contributed by atoms with Gasteiger partial charge in [-0.25, -0.2) is 9.97 Å². The summed E-state index contributed by atoms with van der Waals surface area (Å²) >= 11 is 0. The Bertz CT molecular complexity index is 555. The van der Waals surface area contributed by atoms with Gasteiger partial charge in [0.25, 0.3) is 0 Å². The van der Waals surface area contributed by atoms with Gasteiger partial charge in [0.15, 0.2) is 11.6 Å². The van der Waals surface area contributed by atoms with Crippen LogP contribution in [0.5, 0.6) is 5.75 Å². The van der Waals surface area contributed by atoms with E-state index in [1.54, 1.807) is 12.4 Å². The maximum absolute atomic E-state index is 10.1. The molecule has 1 atom stereocenters. The van der Waals surface area contributed by atoms with Crippen LogP contribution in [-0.4, -0.2) is 21.7 Å². The van der Waals surface area contributed by atoms with Crippen LogP contribution in [0, 0.1) is 0 Å². The molecule has 1 N–H and O–H groups in total. The van der Waals surface area contributed by atoms with E-state index >= 15 is 0 Å². The Morgan fingerprint density at radius 3 is 2.52 bits per heavy atom. The number of unbranched alkanes of at least 4 members (excludes halogenated alkanes) is 1. The average molecular weight is 286 g/mol. The highest BCUT2D eigenvalue weighted by Crippen LogP contribution is 2.27. The fourth-order valence-corrected chi connectivity index (χ4v) is 2.08. The van der Waals surface area contributed by atoms with E-state index in [0.29, 0.717) is 24.6 Å². The number of hydrogen-bond acceptors (Lipinski definition) is 4. The molecule has 0 fully saturated rings. The predicted octanol–water partition coefficient (Wildman–Crippen LogP) is 3.77. The van der Waals surface area contributed by atoms with Gasteiger partial charge >= 0.3 is 0 Å². The molecule has 0 saturated heterocycles. The van der Waals surface area contributed by atoms with Crippen molar-refractivity contribution in [2.24, 2.45) is 0 Å². The molecule has 0 aliphatic heterocycles. The van der Waals surface area contributed by atoms with Crippen LogP contribution < -0.4 is 4.74 Å². The molecule has 0 radical (unpaired) electrons. The van der Waals surface area contributed by atoms with Gasteiger partial charge < -0.3 is 9.84 Å². The molecule has 0 aliphatic carbocycles. The summed E-state index contributed by atoms with van der Waals surface area (Å²) in [7, 11) is 0. The topological polar surface area (TPSA) is 55.2 Å². The van der Waals surface area contributed by atoms with Gasteiger partial charge in [0.2, 0.25) is 0 Å². The third-order valence-corrected chi connectivity index (χ3v) is 3.34. The third-order valence-electron chi connectivity index (χ3n) is 3.34. The summed E-state index contributed by atoms with van der Waals surface area (Å²) in [6, 6.07) is 7.69. The Balaban J connectivity index is 2.19. The number of aliphatic hydroxyl groups is 1. The molecule has 1 unspecified atom stereocenters. The van der Waals surface area contributed by atoms with Gasteiger partial charge in [-0.15, -0.1) is 0 Å². The third kappa shape index (κ3) is 4.02. The van der Waals surface area contributed by atoms with Gasteiger partial charge in [-0.3, -0.25) is 0 Å². The zero-order chi connectivity index (χ0) is 15.1. The van der Waals surface area contributed by atoms with Crippen LogP contribution in [0.2, 0.25) is 0 Å². The molecule has 21 heavy (non-hydrogen) atoms. The van der Waals surface area contributed by atoms with Gasteiger partial charge in [0.1, 0.15) is 0 Å². The Morgan fingerprint density at radius 2 is 1.86 bits per heavy atom. The predicted molar refractivity (Wildman–Crippen MR) is 83.1 cm³/mol. The zero-order valence-electron chi connectivity index (χ0n) is 12.6. The monoisotopic (exact) mass is 286 g/mol. The molecule has 0 amide bonds. The molecule has 4 nitrogen and oxygen atoms in total. The molecule has 2 rings (SSSR count). The molecule has 1 heterocycles. The normalized spacial score (nSPS) is 12.1. The van der Waals surface area contributed by atoms with E-state index in [1.807, 2.05) is 31.2 Å². The SMILES string of the molecule is CCCCOc1cnc(-c2ccccc2C(O)CC)nc1. The molecule has 0 bridgehead atoms. The fraction of sp³-hybridized carbons (Fsp3) is 0.412. The van der Waals surface area contributed by atoms with Crippen LogP contribution in [0.25, 0.3) is 11.4 Å². The second-order valence-corrected chi connectivity index (χ2v) is 4.96. The average Bonchev–Trinajstić information content (AvgIpc) is 2.55. The second kappa shape index (κ2) is 7.74. The van der Waals surface area contributed by atoms with Crippen molar-refractivity contribution >= 4 is 0 Å². The molecule has 2 aromatic rings. The Labute approximate surface area is 125 Å². The van der Waals surface area contributed by atoms with Crippen LogP contribution in [0.4, 0.5) is 0 Å². The minimum Gasteiger partial charge on any atom is -0.490 e. The van der Waals surface area contributed by atoms with E-state index in [2.05, 4.69) is 16.9 Å². The molecular weight excluding hydrogens is 264 g/mol. The highest BCUT2D eigenvalue weighted by atomic mass is 16.5. The van der Waals surface area contributed by atoms with E-state index in [4.69, 9.17) is 4.74 Å². The maximum atomic E-state index is 10.1. The summed E-state index contributed by atoms with van der Waals surface area (Å²) < 4.78 is 5.56. The second-order valence-electron chi connectivity index (χ2n) is 4.96. The first-order valence-electron chi connectivity index (χ1n) is 7.48. The van der Waals surface area contributed by atoms with Gasteiger partial charge in [-0.2, -0.15) is 0 Å². The van der Waals surface area contributed by atoms with Crippen LogP contribution >= 0.6 is 0 Å². The van der Waals surface area contributed by atoms with Crippen molar-refractivity contribution in [2.75, 3.05) is 6.61 Å². The van der Waals surface area contributed by atoms with Crippen molar-refractivity contribution in [3.63, 3.8) is 0 Å². The minimum absolute atomic E-state index is 0.495. The molecule has 4 heteroatoms. The van der Waals surface area contributed by atoms with Gasteiger partial charge in [-0.05, 0) is 18.4 Å². The number of ether oxygens (including phenoxy) is 1. The summed E-state index contributed by atoms with van der Waals surface area (Å²) in [5.74, 6) is 1.29. The van der Waals surface area contributed by atoms with Crippen molar-refractivity contribution in [3.05, 3.63) is 42.2 Å². The van der Waals surface area contributed by atoms with Gasteiger partial charge in [0, 0.05) is 5.56 Å². The number of nitrogens with zero attached hydrogens (tertiary/aromatic N) is 2. The maximum Gasteiger partial charge on any atom is 0.159 e. The minimum atomic E-state index is -0.495. The summed E-state index contributed by atoms with van der Waals surface area (Å²) in [5, 5.41) is 10.1. The van der Waals surface area contributed by atoms with Crippen LogP contribution in [0.3, 0.4) is 0 Å². The quantitative estimate of drug-likeness (QED) is 0.787. The molecule has 1 aromatic carbocycles. The first-order valence-corrected chi connectivity index (χ1v) is 7.48. The van der Waals surface area contributed by atoms with E-state index in [9.17, 15) is 5.11 Å². The molecule has 112 valence electrons. The lowest BCUT2D eigenvalue weighted by atomic mass is 10.0. The summed E-state index contributed by atoms with van der Waals surface area (Å²) in [6.07, 6.45) is 5.66. The highest BCUT2D eigenvalue weighted by Gasteiger charge is 2.13. The molecule has 0 aliphatic rings.